The molecule has 0 N–H and O–H groups in total. The second kappa shape index (κ2) is 7.63. The van der Waals surface area contributed by atoms with E-state index in [2.05, 4.69) is 10.1 Å². The summed E-state index contributed by atoms with van der Waals surface area (Å²) in [5.41, 5.74) is 3.84. The maximum absolute atomic E-state index is 13.5. The Balaban J connectivity index is 1.84. The first-order valence-electron chi connectivity index (χ1n) is 9.14. The number of pyridine rings is 1. The number of hydrogen-bond donors (Lipinski definition) is 0. The minimum atomic E-state index is -0.204. The Hall–Kier alpha value is -3.26. The molecule has 0 aliphatic carbocycles. The summed E-state index contributed by atoms with van der Waals surface area (Å²) in [5.74, 6) is 0.483. The topological polar surface area (TPSA) is 73.1 Å². The van der Waals surface area contributed by atoms with Gasteiger partial charge in [-0.2, -0.15) is 5.10 Å². The Bertz CT molecular complexity index is 1180. The van der Waals surface area contributed by atoms with E-state index in [1.165, 1.54) is 11.3 Å². The largest absolute Gasteiger partial charge is 0.494 e. The molecule has 0 aliphatic heterocycles. The first-order valence-corrected chi connectivity index (χ1v) is 9.95. The highest BCUT2D eigenvalue weighted by molar-refractivity contribution is 7.22. The third kappa shape index (κ3) is 3.58. The van der Waals surface area contributed by atoms with Crippen LogP contribution in [0.4, 0.5) is 5.13 Å². The number of rotatable bonds is 5. The molecule has 3 heterocycles. The predicted octanol–water partition coefficient (Wildman–Crippen LogP) is 3.90. The fraction of sp³-hybridized carbons (Fsp3) is 0.238. The molecule has 4 rings (SSSR count). The first kappa shape index (κ1) is 19.1. The highest BCUT2D eigenvalue weighted by Gasteiger charge is 2.26. The average Bonchev–Trinajstić information content (AvgIpc) is 3.30. The molecule has 1 aromatic carbocycles. The van der Waals surface area contributed by atoms with Gasteiger partial charge in [-0.15, -0.1) is 0 Å². The Morgan fingerprint density at radius 3 is 2.69 bits per heavy atom. The smallest absolute Gasteiger partial charge is 0.281 e. The summed E-state index contributed by atoms with van der Waals surface area (Å²) in [6.45, 7) is 4.21. The zero-order valence-corrected chi connectivity index (χ0v) is 17.5. The number of thiazole rings is 1. The lowest BCUT2D eigenvalue weighted by Crippen LogP contribution is -2.31. The van der Waals surface area contributed by atoms with Crippen LogP contribution in [0.2, 0.25) is 0 Å². The molecule has 29 heavy (non-hydrogen) atoms. The molecule has 8 heteroatoms. The molecular formula is C21H21N5O2S. The van der Waals surface area contributed by atoms with E-state index >= 15 is 0 Å². The number of nitrogens with zero attached hydrogens (tertiary/aromatic N) is 5. The lowest BCUT2D eigenvalue weighted by molar-refractivity contribution is 0.0978. The number of fused-ring (bicyclic) bond motifs is 1. The standard InChI is InChI=1S/C21H21N5O2S/c1-13-8-9-16(28-4)18-19(13)29-21(23-18)26(12-15-7-5-6-10-22-15)20(27)17-14(2)11-25(3)24-17/h5-11H,12H2,1-4H3. The van der Waals surface area contributed by atoms with Crippen molar-refractivity contribution in [2.24, 2.45) is 7.05 Å². The quantitative estimate of drug-likeness (QED) is 0.502. The highest BCUT2D eigenvalue weighted by atomic mass is 32.1. The number of anilines is 1. The molecular weight excluding hydrogens is 386 g/mol. The molecule has 0 saturated heterocycles. The molecule has 0 saturated carbocycles. The van der Waals surface area contributed by atoms with E-state index in [0.717, 1.165) is 27.0 Å². The summed E-state index contributed by atoms with van der Waals surface area (Å²) in [6.07, 6.45) is 3.55. The molecule has 0 spiro atoms. The van der Waals surface area contributed by atoms with E-state index in [-0.39, 0.29) is 5.91 Å². The summed E-state index contributed by atoms with van der Waals surface area (Å²) >= 11 is 1.47. The van der Waals surface area contributed by atoms with Crippen molar-refractivity contribution < 1.29 is 9.53 Å². The number of amides is 1. The van der Waals surface area contributed by atoms with Gasteiger partial charge in [-0.3, -0.25) is 19.4 Å². The average molecular weight is 407 g/mol. The van der Waals surface area contributed by atoms with E-state index < -0.39 is 0 Å². The van der Waals surface area contributed by atoms with Crippen molar-refractivity contribution in [1.29, 1.82) is 0 Å². The molecule has 148 valence electrons. The van der Waals surface area contributed by atoms with Crippen molar-refractivity contribution in [2.75, 3.05) is 12.0 Å². The van der Waals surface area contributed by atoms with Crippen LogP contribution in [0, 0.1) is 13.8 Å². The van der Waals surface area contributed by atoms with Crippen molar-refractivity contribution >= 4 is 32.6 Å². The second-order valence-electron chi connectivity index (χ2n) is 6.81. The zero-order chi connectivity index (χ0) is 20.5. The van der Waals surface area contributed by atoms with Crippen molar-refractivity contribution in [3.8, 4) is 5.75 Å². The third-order valence-corrected chi connectivity index (χ3v) is 5.86. The van der Waals surface area contributed by atoms with Gasteiger partial charge in [0, 0.05) is 25.0 Å². The lowest BCUT2D eigenvalue weighted by atomic mass is 10.2. The molecule has 0 unspecified atom stereocenters. The SMILES string of the molecule is COc1ccc(C)c2sc(N(Cc3ccccn3)C(=O)c3nn(C)cc3C)nc12. The van der Waals surface area contributed by atoms with Gasteiger partial charge in [-0.05, 0) is 37.6 Å². The van der Waals surface area contributed by atoms with Gasteiger partial charge in [0.15, 0.2) is 10.8 Å². The van der Waals surface area contributed by atoms with Crippen LogP contribution < -0.4 is 9.64 Å². The van der Waals surface area contributed by atoms with Crippen LogP contribution >= 0.6 is 11.3 Å². The van der Waals surface area contributed by atoms with Crippen LogP contribution in [0.5, 0.6) is 5.75 Å². The van der Waals surface area contributed by atoms with Crippen LogP contribution in [-0.4, -0.2) is 32.8 Å². The molecule has 0 fully saturated rings. The molecule has 1 amide bonds. The van der Waals surface area contributed by atoms with Crippen molar-refractivity contribution in [3.63, 3.8) is 0 Å². The van der Waals surface area contributed by atoms with Gasteiger partial charge in [0.05, 0.1) is 24.0 Å². The molecule has 0 radical (unpaired) electrons. The first-order chi connectivity index (χ1) is 14.0. The second-order valence-corrected chi connectivity index (χ2v) is 7.78. The zero-order valence-electron chi connectivity index (χ0n) is 16.7. The number of aromatic nitrogens is 4. The number of benzene rings is 1. The molecule has 7 nitrogen and oxygen atoms in total. The maximum atomic E-state index is 13.5. The lowest BCUT2D eigenvalue weighted by Gasteiger charge is -2.18. The number of ether oxygens (including phenoxy) is 1. The third-order valence-electron chi connectivity index (χ3n) is 4.65. The summed E-state index contributed by atoms with van der Waals surface area (Å²) < 4.78 is 8.12. The van der Waals surface area contributed by atoms with Crippen molar-refractivity contribution in [1.82, 2.24) is 19.7 Å². The van der Waals surface area contributed by atoms with Crippen LogP contribution in [0.1, 0.15) is 27.3 Å². The van der Waals surface area contributed by atoms with Gasteiger partial charge in [0.2, 0.25) is 0 Å². The Kier molecular flexibility index (Phi) is 5.02. The van der Waals surface area contributed by atoms with Gasteiger partial charge in [0.1, 0.15) is 11.3 Å². The summed E-state index contributed by atoms with van der Waals surface area (Å²) in [6, 6.07) is 9.55. The van der Waals surface area contributed by atoms with Crippen LogP contribution in [-0.2, 0) is 13.6 Å². The minimum absolute atomic E-state index is 0.204. The number of carbonyl (C=O) groups excluding carboxylic acids is 1. The summed E-state index contributed by atoms with van der Waals surface area (Å²) in [4.78, 5) is 24.2. The van der Waals surface area contributed by atoms with Crippen molar-refractivity contribution in [3.05, 3.63) is 65.2 Å². The van der Waals surface area contributed by atoms with E-state index in [1.54, 1.807) is 29.9 Å². The summed E-state index contributed by atoms with van der Waals surface area (Å²) in [5, 5.41) is 4.95. The Morgan fingerprint density at radius 1 is 1.21 bits per heavy atom. The highest BCUT2D eigenvalue weighted by Crippen LogP contribution is 2.37. The van der Waals surface area contributed by atoms with E-state index in [4.69, 9.17) is 9.72 Å². The number of hydrogen-bond acceptors (Lipinski definition) is 6. The van der Waals surface area contributed by atoms with Gasteiger partial charge >= 0.3 is 0 Å². The molecule has 0 aliphatic rings. The van der Waals surface area contributed by atoms with Crippen LogP contribution in [0.15, 0.2) is 42.7 Å². The van der Waals surface area contributed by atoms with E-state index in [9.17, 15) is 4.79 Å². The predicted molar refractivity (Wildman–Crippen MR) is 114 cm³/mol. The van der Waals surface area contributed by atoms with E-state index in [0.29, 0.717) is 23.1 Å². The number of aryl methyl sites for hydroxylation is 3. The molecule has 3 aromatic heterocycles. The number of carbonyl (C=O) groups is 1. The normalized spacial score (nSPS) is 11.0. The molecule has 4 aromatic rings. The van der Waals surface area contributed by atoms with Gasteiger partial charge in [-0.1, -0.05) is 23.5 Å². The maximum Gasteiger partial charge on any atom is 0.281 e. The monoisotopic (exact) mass is 407 g/mol. The van der Waals surface area contributed by atoms with Crippen molar-refractivity contribution in [2.45, 2.75) is 20.4 Å². The molecule has 0 atom stereocenters. The fourth-order valence-corrected chi connectivity index (χ4v) is 4.25. The van der Waals surface area contributed by atoms with Gasteiger partial charge in [-0.25, -0.2) is 4.98 Å². The van der Waals surface area contributed by atoms with Crippen LogP contribution in [0.3, 0.4) is 0 Å². The Morgan fingerprint density at radius 2 is 2.03 bits per heavy atom. The van der Waals surface area contributed by atoms with Gasteiger partial charge < -0.3 is 4.74 Å². The Labute approximate surface area is 172 Å². The molecule has 0 bridgehead atoms. The minimum Gasteiger partial charge on any atom is -0.494 e. The summed E-state index contributed by atoms with van der Waals surface area (Å²) in [7, 11) is 3.43. The van der Waals surface area contributed by atoms with Crippen LogP contribution in [0.25, 0.3) is 10.2 Å². The fourth-order valence-electron chi connectivity index (χ4n) is 3.20. The number of methoxy groups -OCH3 is 1. The van der Waals surface area contributed by atoms with E-state index in [1.807, 2.05) is 50.4 Å². The van der Waals surface area contributed by atoms with Gasteiger partial charge in [0.25, 0.3) is 5.91 Å².